The summed E-state index contributed by atoms with van der Waals surface area (Å²) in [5.41, 5.74) is 4.86. The Labute approximate surface area is 157 Å². The number of fused-ring (bicyclic) bond motifs is 1. The van der Waals surface area contributed by atoms with E-state index >= 15 is 0 Å². The highest BCUT2D eigenvalue weighted by atomic mass is 19.1. The summed E-state index contributed by atoms with van der Waals surface area (Å²) in [7, 11) is 0. The predicted octanol–water partition coefficient (Wildman–Crippen LogP) is 3.49. The highest BCUT2D eigenvalue weighted by molar-refractivity contribution is 5.93. The van der Waals surface area contributed by atoms with Crippen LogP contribution in [0.5, 0.6) is 0 Å². The van der Waals surface area contributed by atoms with Gasteiger partial charge in [0.1, 0.15) is 5.82 Å². The minimum Gasteiger partial charge on any atom is -0.312 e. The first kappa shape index (κ1) is 19.0. The van der Waals surface area contributed by atoms with Crippen LogP contribution in [0.15, 0.2) is 42.5 Å². The first-order chi connectivity index (χ1) is 12.8. The van der Waals surface area contributed by atoms with Gasteiger partial charge in [0.25, 0.3) is 5.91 Å². The highest BCUT2D eigenvalue weighted by Crippen LogP contribution is 2.37. The van der Waals surface area contributed by atoms with E-state index in [2.05, 4.69) is 6.92 Å². The third-order valence-electron chi connectivity index (χ3n) is 5.24. The Hall–Kier alpha value is -2.73. The van der Waals surface area contributed by atoms with Gasteiger partial charge in [-0.2, -0.15) is 0 Å². The lowest BCUT2D eigenvalue weighted by Crippen LogP contribution is -2.42. The summed E-state index contributed by atoms with van der Waals surface area (Å²) in [6.07, 6.45) is 2.41. The zero-order valence-electron chi connectivity index (χ0n) is 15.5. The topological polar surface area (TPSA) is 69.6 Å². The van der Waals surface area contributed by atoms with Gasteiger partial charge in [-0.3, -0.25) is 14.8 Å². The number of hydrogen-bond donors (Lipinski definition) is 2. The van der Waals surface area contributed by atoms with E-state index in [9.17, 15) is 14.0 Å². The van der Waals surface area contributed by atoms with E-state index in [1.807, 2.05) is 12.1 Å². The van der Waals surface area contributed by atoms with Crippen molar-refractivity contribution in [1.82, 2.24) is 5.48 Å². The molecule has 2 aromatic rings. The van der Waals surface area contributed by atoms with E-state index in [0.29, 0.717) is 17.8 Å². The number of anilines is 1. The number of rotatable bonds is 4. The summed E-state index contributed by atoms with van der Waals surface area (Å²) in [5.74, 6) is -0.934. The van der Waals surface area contributed by atoms with Gasteiger partial charge in [0.2, 0.25) is 5.91 Å². The van der Waals surface area contributed by atoms with Gasteiger partial charge < -0.3 is 4.90 Å². The number of nitrogens with one attached hydrogen (secondary N) is 1. The largest absolute Gasteiger partial charge is 0.312 e. The van der Waals surface area contributed by atoms with Gasteiger partial charge in [0.15, 0.2) is 0 Å². The van der Waals surface area contributed by atoms with Gasteiger partial charge in [0, 0.05) is 24.7 Å². The van der Waals surface area contributed by atoms with Crippen molar-refractivity contribution in [2.45, 2.75) is 33.1 Å². The number of halogens is 1. The zero-order chi connectivity index (χ0) is 19.6. The maximum Gasteiger partial charge on any atom is 0.274 e. The number of benzene rings is 2. The van der Waals surface area contributed by atoms with E-state index in [1.165, 1.54) is 19.1 Å². The molecule has 6 heteroatoms. The molecule has 27 heavy (non-hydrogen) atoms. The Morgan fingerprint density at radius 2 is 1.89 bits per heavy atom. The van der Waals surface area contributed by atoms with E-state index in [1.54, 1.807) is 28.6 Å². The van der Waals surface area contributed by atoms with E-state index in [-0.39, 0.29) is 17.1 Å². The molecular weight excluding hydrogens is 347 g/mol. The van der Waals surface area contributed by atoms with Gasteiger partial charge >= 0.3 is 0 Å². The lowest BCUT2D eigenvalue weighted by Gasteiger charge is -2.39. The minimum atomic E-state index is -0.523. The Morgan fingerprint density at radius 3 is 2.52 bits per heavy atom. The molecule has 1 unspecified atom stereocenters. The average molecular weight is 370 g/mol. The molecule has 1 atom stereocenters. The van der Waals surface area contributed by atoms with Crippen LogP contribution in [0.2, 0.25) is 0 Å². The normalized spacial score (nSPS) is 18.5. The number of aryl methyl sites for hydroxylation is 1. The van der Waals surface area contributed by atoms with Crippen LogP contribution in [-0.4, -0.2) is 23.6 Å². The molecule has 0 aliphatic heterocycles. The number of nitrogens with zero attached hydrogens (tertiary/aromatic N) is 1. The van der Waals surface area contributed by atoms with Gasteiger partial charge in [-0.15, -0.1) is 0 Å². The lowest BCUT2D eigenvalue weighted by molar-refractivity contribution is -0.116. The summed E-state index contributed by atoms with van der Waals surface area (Å²) in [5, 5.41) is 8.79. The van der Waals surface area contributed by atoms with Crippen molar-refractivity contribution in [1.29, 1.82) is 0 Å². The first-order valence-electron chi connectivity index (χ1n) is 8.91. The molecule has 0 heterocycles. The Morgan fingerprint density at radius 1 is 1.19 bits per heavy atom. The van der Waals surface area contributed by atoms with E-state index < -0.39 is 5.91 Å². The molecule has 0 radical (unpaired) electrons. The second-order valence-corrected chi connectivity index (χ2v) is 7.49. The number of carbonyl (C=O) groups excluding carboxylic acids is 2. The summed E-state index contributed by atoms with van der Waals surface area (Å²) >= 11 is 0. The van der Waals surface area contributed by atoms with Crippen molar-refractivity contribution in [3.8, 4) is 0 Å². The molecular formula is C21H23FN2O3. The molecule has 1 aliphatic rings. The van der Waals surface area contributed by atoms with Crippen LogP contribution in [0.4, 0.5) is 10.1 Å². The molecule has 0 fully saturated rings. The molecule has 5 nitrogen and oxygen atoms in total. The summed E-state index contributed by atoms with van der Waals surface area (Å²) in [6.45, 7) is 4.19. The van der Waals surface area contributed by atoms with Crippen molar-refractivity contribution in [2.24, 2.45) is 5.41 Å². The molecule has 0 saturated heterocycles. The standard InChI is InChI=1S/C21H23FN2O3/c1-14(25)24(19-7-5-18(22)6-8-19)13-21(2)10-9-15-11-16(20(26)23-27)3-4-17(15)12-21/h3-8,11,27H,9-10,12-13H2,1-2H3,(H,23,26). The van der Waals surface area contributed by atoms with Gasteiger partial charge in [0.05, 0.1) is 0 Å². The zero-order valence-corrected chi connectivity index (χ0v) is 15.5. The van der Waals surface area contributed by atoms with Crippen LogP contribution in [0.1, 0.15) is 41.8 Å². The molecule has 0 bridgehead atoms. The van der Waals surface area contributed by atoms with Crippen LogP contribution in [0.25, 0.3) is 0 Å². The van der Waals surface area contributed by atoms with E-state index in [4.69, 9.17) is 5.21 Å². The van der Waals surface area contributed by atoms with Gasteiger partial charge in [-0.05, 0) is 72.2 Å². The Bertz CT molecular complexity index is 866. The average Bonchev–Trinajstić information content (AvgIpc) is 2.66. The van der Waals surface area contributed by atoms with E-state index in [0.717, 1.165) is 30.4 Å². The fourth-order valence-electron chi connectivity index (χ4n) is 3.74. The van der Waals surface area contributed by atoms with Crippen molar-refractivity contribution < 1.29 is 19.2 Å². The maximum absolute atomic E-state index is 13.2. The predicted molar refractivity (Wildman–Crippen MR) is 100 cm³/mol. The monoisotopic (exact) mass is 370 g/mol. The number of hydrogen-bond acceptors (Lipinski definition) is 3. The fraction of sp³-hybridized carbons (Fsp3) is 0.333. The van der Waals surface area contributed by atoms with Crippen LogP contribution < -0.4 is 10.4 Å². The van der Waals surface area contributed by atoms with Crippen molar-refractivity contribution >= 4 is 17.5 Å². The molecule has 2 N–H and O–H groups in total. The van der Waals surface area contributed by atoms with Crippen molar-refractivity contribution in [3.63, 3.8) is 0 Å². The Kier molecular flexibility index (Phi) is 5.28. The van der Waals surface area contributed by atoms with Crippen LogP contribution in [-0.2, 0) is 17.6 Å². The minimum absolute atomic E-state index is 0.0800. The number of carbonyl (C=O) groups is 2. The lowest BCUT2D eigenvalue weighted by atomic mass is 9.72. The van der Waals surface area contributed by atoms with Crippen LogP contribution in [0.3, 0.4) is 0 Å². The molecule has 142 valence electrons. The number of hydroxylamine groups is 1. The van der Waals surface area contributed by atoms with Crippen molar-refractivity contribution in [3.05, 3.63) is 65.0 Å². The molecule has 0 spiro atoms. The number of amides is 2. The molecule has 0 saturated carbocycles. The molecule has 3 rings (SSSR count). The summed E-state index contributed by atoms with van der Waals surface area (Å²) in [6, 6.07) is 11.4. The van der Waals surface area contributed by atoms with Crippen molar-refractivity contribution in [2.75, 3.05) is 11.4 Å². The van der Waals surface area contributed by atoms with Crippen LogP contribution >= 0.6 is 0 Å². The second-order valence-electron chi connectivity index (χ2n) is 7.49. The quantitative estimate of drug-likeness (QED) is 0.639. The molecule has 0 aromatic heterocycles. The molecule has 2 aromatic carbocycles. The molecule has 2 amide bonds. The summed E-state index contributed by atoms with van der Waals surface area (Å²) < 4.78 is 13.2. The SMILES string of the molecule is CC(=O)N(CC1(C)CCc2cc(C(=O)NO)ccc2C1)c1ccc(F)cc1. The Balaban J connectivity index is 1.81. The summed E-state index contributed by atoms with van der Waals surface area (Å²) in [4.78, 5) is 25.5. The highest BCUT2D eigenvalue weighted by Gasteiger charge is 2.33. The maximum atomic E-state index is 13.2. The van der Waals surface area contributed by atoms with Gasteiger partial charge in [-0.1, -0.05) is 13.0 Å². The van der Waals surface area contributed by atoms with Gasteiger partial charge in [-0.25, -0.2) is 9.87 Å². The fourth-order valence-corrected chi connectivity index (χ4v) is 3.74. The first-order valence-corrected chi connectivity index (χ1v) is 8.91. The smallest absolute Gasteiger partial charge is 0.274 e. The molecule has 1 aliphatic carbocycles. The third kappa shape index (κ3) is 4.17. The van der Waals surface area contributed by atoms with Crippen LogP contribution in [0, 0.1) is 11.2 Å². The third-order valence-corrected chi connectivity index (χ3v) is 5.24. The second kappa shape index (κ2) is 7.48.